The molecule has 0 saturated heterocycles. The van der Waals surface area contributed by atoms with Gasteiger partial charge < -0.3 is 19.7 Å². The average molecular weight is 561 g/mol. The van der Waals surface area contributed by atoms with Crippen LogP contribution in [0.2, 0.25) is 5.02 Å². The van der Waals surface area contributed by atoms with Gasteiger partial charge in [-0.25, -0.2) is 5.48 Å². The van der Waals surface area contributed by atoms with E-state index in [1.165, 1.54) is 7.11 Å². The molecule has 3 N–H and O–H groups in total. The van der Waals surface area contributed by atoms with Gasteiger partial charge in [0.15, 0.2) is 11.2 Å². The van der Waals surface area contributed by atoms with Crippen LogP contribution in [-0.4, -0.2) is 36.4 Å². The SMILES string of the molecule is CONC(=O)[C@H]1[C@@H](O)[C@@]2(O)c3c(Cl)cc(Br)cc3O[C@@]2(c2ccc(OC)cc2)[C@@H]1c1ccccc1. The lowest BCUT2D eigenvalue weighted by atomic mass is 9.70. The third kappa shape index (κ3) is 3.32. The summed E-state index contributed by atoms with van der Waals surface area (Å²) in [5, 5.41) is 24.5. The van der Waals surface area contributed by atoms with Crippen LogP contribution >= 0.6 is 27.5 Å². The number of aliphatic hydroxyl groups is 2. The molecule has 5 atom stereocenters. The maximum Gasteiger partial charge on any atom is 0.250 e. The lowest BCUT2D eigenvalue weighted by Crippen LogP contribution is -2.52. The number of hydroxylamine groups is 1. The van der Waals surface area contributed by atoms with Gasteiger partial charge in [0.2, 0.25) is 5.91 Å². The second-order valence-electron chi connectivity index (χ2n) is 8.62. The molecule has 0 radical (unpaired) electrons. The number of ether oxygens (including phenoxy) is 2. The standard InChI is InChI=1S/C26H23BrClNO6/c1-33-17-10-8-15(9-11-17)26-21(14-6-4-3-5-7-14)20(24(31)29-34-2)23(30)25(26,32)22-18(28)12-16(27)13-19(22)35-26/h3-13,20-21,23,30,32H,1-2H3,(H,29,31)/t20-,21-,23-,25+,26+/m1/s1. The zero-order chi connectivity index (χ0) is 25.0. The van der Waals surface area contributed by atoms with E-state index in [1.807, 2.05) is 30.3 Å². The molecule has 7 nitrogen and oxygen atoms in total. The summed E-state index contributed by atoms with van der Waals surface area (Å²) in [6.45, 7) is 0. The van der Waals surface area contributed by atoms with Gasteiger partial charge in [-0.3, -0.25) is 9.63 Å². The van der Waals surface area contributed by atoms with Crippen molar-refractivity contribution in [1.29, 1.82) is 0 Å². The van der Waals surface area contributed by atoms with Crippen LogP contribution in [0.3, 0.4) is 0 Å². The second kappa shape index (κ2) is 8.80. The molecule has 0 aromatic heterocycles. The molecule has 1 aliphatic carbocycles. The number of carbonyl (C=O) groups is 1. The third-order valence-electron chi connectivity index (χ3n) is 6.99. The van der Waals surface area contributed by atoms with Crippen molar-refractivity contribution in [3.05, 3.63) is 92.9 Å². The lowest BCUT2D eigenvalue weighted by Gasteiger charge is -2.40. The van der Waals surface area contributed by atoms with Gasteiger partial charge in [-0.05, 0) is 35.4 Å². The highest BCUT2D eigenvalue weighted by atomic mass is 79.9. The number of hydrogen-bond acceptors (Lipinski definition) is 6. The number of rotatable bonds is 5. The van der Waals surface area contributed by atoms with Crippen molar-refractivity contribution < 1.29 is 29.3 Å². The number of fused-ring (bicyclic) bond motifs is 3. The number of nitrogens with one attached hydrogen (secondary N) is 1. The van der Waals surface area contributed by atoms with Crippen LogP contribution in [0.15, 0.2) is 71.2 Å². The minimum Gasteiger partial charge on any atom is -0.497 e. The Kier molecular flexibility index (Phi) is 6.05. The molecular formula is C26H23BrClNO6. The zero-order valence-electron chi connectivity index (χ0n) is 18.9. The molecule has 0 spiro atoms. The zero-order valence-corrected chi connectivity index (χ0v) is 21.2. The van der Waals surface area contributed by atoms with Crippen LogP contribution in [-0.2, 0) is 20.8 Å². The van der Waals surface area contributed by atoms with Gasteiger partial charge in [-0.15, -0.1) is 0 Å². The van der Waals surface area contributed by atoms with Crippen molar-refractivity contribution in [2.45, 2.75) is 23.2 Å². The first kappa shape index (κ1) is 24.1. The van der Waals surface area contributed by atoms with Gasteiger partial charge in [-0.2, -0.15) is 0 Å². The van der Waals surface area contributed by atoms with Gasteiger partial charge in [0, 0.05) is 10.4 Å². The Morgan fingerprint density at radius 1 is 1.11 bits per heavy atom. The van der Waals surface area contributed by atoms with Crippen molar-refractivity contribution in [2.75, 3.05) is 14.2 Å². The predicted octanol–water partition coefficient (Wildman–Crippen LogP) is 4.04. The van der Waals surface area contributed by atoms with E-state index in [1.54, 1.807) is 43.5 Å². The van der Waals surface area contributed by atoms with Crippen LogP contribution in [0.1, 0.15) is 22.6 Å². The molecule has 2 aliphatic rings. The minimum absolute atomic E-state index is 0.200. The van der Waals surface area contributed by atoms with Gasteiger partial charge in [0.1, 0.15) is 17.6 Å². The fourth-order valence-corrected chi connectivity index (χ4v) is 6.59. The number of hydrogen-bond donors (Lipinski definition) is 3. The smallest absolute Gasteiger partial charge is 0.250 e. The van der Waals surface area contributed by atoms with Crippen molar-refractivity contribution >= 4 is 33.4 Å². The van der Waals surface area contributed by atoms with Crippen molar-refractivity contribution in [2.24, 2.45) is 5.92 Å². The monoisotopic (exact) mass is 559 g/mol. The lowest BCUT2D eigenvalue weighted by molar-refractivity contribution is -0.156. The van der Waals surface area contributed by atoms with Crippen LogP contribution in [0.5, 0.6) is 11.5 Å². The first-order valence-corrected chi connectivity index (χ1v) is 12.1. The number of benzene rings is 3. The van der Waals surface area contributed by atoms with Crippen molar-refractivity contribution in [3.63, 3.8) is 0 Å². The van der Waals surface area contributed by atoms with Gasteiger partial charge in [-0.1, -0.05) is 70.0 Å². The summed E-state index contributed by atoms with van der Waals surface area (Å²) in [5.41, 5.74) is 0.106. The van der Waals surface area contributed by atoms with Gasteiger partial charge in [0.25, 0.3) is 0 Å². The Hall–Kier alpha value is -2.62. The van der Waals surface area contributed by atoms with Crippen molar-refractivity contribution in [1.82, 2.24) is 5.48 Å². The molecule has 0 unspecified atom stereocenters. The van der Waals surface area contributed by atoms with E-state index < -0.39 is 35.0 Å². The summed E-state index contributed by atoms with van der Waals surface area (Å²) in [6, 6.07) is 19.5. The van der Waals surface area contributed by atoms with E-state index >= 15 is 0 Å². The third-order valence-corrected chi connectivity index (χ3v) is 7.74. The maximum atomic E-state index is 13.3. The Bertz CT molecular complexity index is 1270. The molecule has 3 aromatic carbocycles. The highest BCUT2D eigenvalue weighted by Gasteiger charge is 2.77. The summed E-state index contributed by atoms with van der Waals surface area (Å²) in [5.74, 6) is -1.64. The summed E-state index contributed by atoms with van der Waals surface area (Å²) in [7, 11) is 2.87. The normalized spacial score (nSPS) is 28.7. The number of carbonyl (C=O) groups excluding carboxylic acids is 1. The molecule has 5 rings (SSSR count). The van der Waals surface area contributed by atoms with Crippen LogP contribution in [0, 0.1) is 5.92 Å². The fraction of sp³-hybridized carbons (Fsp3) is 0.269. The molecule has 1 heterocycles. The second-order valence-corrected chi connectivity index (χ2v) is 9.95. The first-order valence-electron chi connectivity index (χ1n) is 10.9. The Labute approximate surface area is 215 Å². The van der Waals surface area contributed by atoms with Crippen LogP contribution < -0.4 is 15.0 Å². The van der Waals surface area contributed by atoms with E-state index in [0.717, 1.165) is 0 Å². The molecule has 1 amide bonds. The van der Waals surface area contributed by atoms with E-state index in [9.17, 15) is 15.0 Å². The number of aliphatic hydroxyl groups excluding tert-OH is 1. The molecule has 9 heteroatoms. The van der Waals surface area contributed by atoms with Gasteiger partial charge in [0.05, 0.1) is 30.7 Å². The van der Waals surface area contributed by atoms with E-state index in [2.05, 4.69) is 21.4 Å². The molecular weight excluding hydrogens is 538 g/mol. The summed E-state index contributed by atoms with van der Waals surface area (Å²) in [6.07, 6.45) is -1.59. The molecule has 0 bridgehead atoms. The largest absolute Gasteiger partial charge is 0.497 e. The summed E-state index contributed by atoms with van der Waals surface area (Å²) in [4.78, 5) is 18.2. The molecule has 1 saturated carbocycles. The van der Waals surface area contributed by atoms with Crippen LogP contribution in [0.4, 0.5) is 0 Å². The minimum atomic E-state index is -2.08. The van der Waals surface area contributed by atoms with E-state index in [0.29, 0.717) is 27.1 Å². The fourth-order valence-electron chi connectivity index (χ4n) is 5.66. The average Bonchev–Trinajstić information content (AvgIpc) is 3.22. The molecule has 35 heavy (non-hydrogen) atoms. The quantitative estimate of drug-likeness (QED) is 0.408. The first-order chi connectivity index (χ1) is 16.8. The van der Waals surface area contributed by atoms with Gasteiger partial charge >= 0.3 is 0 Å². The van der Waals surface area contributed by atoms with E-state index in [4.69, 9.17) is 25.9 Å². The topological polar surface area (TPSA) is 97.3 Å². The molecule has 1 fully saturated rings. The Morgan fingerprint density at radius 2 is 1.80 bits per heavy atom. The highest BCUT2D eigenvalue weighted by molar-refractivity contribution is 9.10. The Balaban J connectivity index is 1.86. The molecule has 1 aliphatic heterocycles. The molecule has 3 aromatic rings. The number of amides is 1. The summed E-state index contributed by atoms with van der Waals surface area (Å²) < 4.78 is 12.6. The summed E-state index contributed by atoms with van der Waals surface area (Å²) >= 11 is 10.1. The Morgan fingerprint density at radius 3 is 2.43 bits per heavy atom. The molecule has 182 valence electrons. The maximum absolute atomic E-state index is 13.3. The van der Waals surface area contributed by atoms with Crippen molar-refractivity contribution in [3.8, 4) is 11.5 Å². The highest BCUT2D eigenvalue weighted by Crippen LogP contribution is 2.69. The van der Waals surface area contributed by atoms with Crippen LogP contribution in [0.25, 0.3) is 0 Å². The predicted molar refractivity (Wildman–Crippen MR) is 132 cm³/mol. The van der Waals surface area contributed by atoms with E-state index in [-0.39, 0.29) is 10.6 Å². The number of methoxy groups -OCH3 is 1. The number of halogens is 2.